The fourth-order valence-electron chi connectivity index (χ4n) is 4.12. The van der Waals surface area contributed by atoms with Crippen LogP contribution in [0.3, 0.4) is 0 Å². The maximum atomic E-state index is 10.6. The van der Waals surface area contributed by atoms with Gasteiger partial charge in [-0.25, -0.2) is 9.59 Å². The number of nitrogens with zero attached hydrogens (tertiary/aromatic N) is 3. The number of pyridine rings is 1. The van der Waals surface area contributed by atoms with Crippen LogP contribution in [0, 0.1) is 12.8 Å². The van der Waals surface area contributed by atoms with Crippen LogP contribution in [0.5, 0.6) is 0 Å². The predicted octanol–water partition coefficient (Wildman–Crippen LogP) is 3.72. The smallest absolute Gasteiger partial charge is 0.475 e. The summed E-state index contributed by atoms with van der Waals surface area (Å²) in [5.74, 6) is -4.48. The quantitative estimate of drug-likeness (QED) is 0.610. The highest BCUT2D eigenvalue weighted by atomic mass is 19.4. The molecule has 2 N–H and O–H groups in total. The van der Waals surface area contributed by atoms with E-state index in [4.69, 9.17) is 19.8 Å². The lowest BCUT2D eigenvalue weighted by molar-refractivity contribution is -0.193. The van der Waals surface area contributed by atoms with E-state index in [-0.39, 0.29) is 0 Å². The fraction of sp³-hybridized carbons (Fsp3) is 0.667. The summed E-state index contributed by atoms with van der Waals surface area (Å²) < 4.78 is 63.5. The molecule has 0 aromatic carbocycles. The summed E-state index contributed by atoms with van der Waals surface area (Å²) in [5.41, 5.74) is 2.38. The molecule has 1 saturated carbocycles. The average Bonchev–Trinajstić information content (AvgIpc) is 3.30. The van der Waals surface area contributed by atoms with Gasteiger partial charge in [-0.1, -0.05) is 6.07 Å². The van der Waals surface area contributed by atoms with E-state index in [0.29, 0.717) is 0 Å². The molecule has 1 aromatic rings. The number of hydrogen-bond acceptors (Lipinski definition) is 5. The Morgan fingerprint density at radius 2 is 1.38 bits per heavy atom. The van der Waals surface area contributed by atoms with Crippen LogP contribution in [-0.2, 0) is 16.1 Å². The van der Waals surface area contributed by atoms with E-state index in [2.05, 4.69) is 39.9 Å². The fourth-order valence-corrected chi connectivity index (χ4v) is 4.12. The van der Waals surface area contributed by atoms with Crippen LogP contribution >= 0.6 is 0 Å². The summed E-state index contributed by atoms with van der Waals surface area (Å²) in [5, 5.41) is 14.2. The molecule has 0 bridgehead atoms. The number of hydrogen-bond donors (Lipinski definition) is 2. The minimum atomic E-state index is -5.08. The average molecular weight is 499 g/mol. The minimum absolute atomic E-state index is 0.788. The number of carboxylic acids is 2. The number of halogens is 6. The third-order valence-corrected chi connectivity index (χ3v) is 5.79. The second kappa shape index (κ2) is 11.3. The summed E-state index contributed by atoms with van der Waals surface area (Å²) in [6, 6.07) is 8.02. The van der Waals surface area contributed by atoms with Gasteiger partial charge in [0.2, 0.25) is 0 Å². The lowest BCUT2D eigenvalue weighted by Gasteiger charge is -2.25. The van der Waals surface area contributed by atoms with Crippen molar-refractivity contribution in [3.63, 3.8) is 0 Å². The van der Waals surface area contributed by atoms with Crippen LogP contribution in [0.1, 0.15) is 37.1 Å². The number of likely N-dealkylation sites (tertiary alicyclic amines) is 2. The molecular formula is C21H27F6N3O4. The summed E-state index contributed by atoms with van der Waals surface area (Å²) in [4.78, 5) is 27.9. The van der Waals surface area contributed by atoms with Gasteiger partial charge in [0.1, 0.15) is 0 Å². The molecule has 0 unspecified atom stereocenters. The van der Waals surface area contributed by atoms with Crippen LogP contribution in [0.2, 0.25) is 0 Å². The topological polar surface area (TPSA) is 94.0 Å². The molecule has 2 atom stereocenters. The zero-order valence-corrected chi connectivity index (χ0v) is 18.4. The van der Waals surface area contributed by atoms with E-state index in [9.17, 15) is 26.3 Å². The van der Waals surface area contributed by atoms with E-state index in [1.54, 1.807) is 0 Å². The van der Waals surface area contributed by atoms with Crippen molar-refractivity contribution in [1.29, 1.82) is 0 Å². The zero-order chi connectivity index (χ0) is 25.7. The molecule has 3 aliphatic rings. The van der Waals surface area contributed by atoms with E-state index in [0.717, 1.165) is 30.2 Å². The first-order valence-corrected chi connectivity index (χ1v) is 10.7. The van der Waals surface area contributed by atoms with Gasteiger partial charge in [0, 0.05) is 44.0 Å². The van der Waals surface area contributed by atoms with Gasteiger partial charge >= 0.3 is 24.3 Å². The zero-order valence-electron chi connectivity index (χ0n) is 18.4. The minimum Gasteiger partial charge on any atom is -0.475 e. The second-order valence-electron chi connectivity index (χ2n) is 8.50. The second-order valence-corrected chi connectivity index (χ2v) is 8.50. The first-order valence-electron chi connectivity index (χ1n) is 10.7. The van der Waals surface area contributed by atoms with Crippen LogP contribution in [0.25, 0.3) is 0 Å². The lowest BCUT2D eigenvalue weighted by Crippen LogP contribution is -2.37. The SMILES string of the molecule is Cc1cccc(CN2CC[C@@H]3[C@@H]2CCN3CC2CC2)n1.O=C(O)C(F)(F)F.O=C(O)C(F)(F)F. The van der Waals surface area contributed by atoms with Crippen molar-refractivity contribution in [2.24, 2.45) is 5.92 Å². The highest BCUT2D eigenvalue weighted by Gasteiger charge is 2.43. The molecule has 34 heavy (non-hydrogen) atoms. The molecule has 4 rings (SSSR count). The first-order chi connectivity index (χ1) is 15.7. The van der Waals surface area contributed by atoms with E-state index >= 15 is 0 Å². The van der Waals surface area contributed by atoms with Crippen molar-refractivity contribution in [3.05, 3.63) is 29.6 Å². The van der Waals surface area contributed by atoms with Crippen molar-refractivity contribution in [2.75, 3.05) is 19.6 Å². The van der Waals surface area contributed by atoms with Crippen LogP contribution in [0.4, 0.5) is 26.3 Å². The Labute approximate surface area is 192 Å². The molecule has 0 spiro atoms. The standard InChI is InChI=1S/C17H25N3.2C2HF3O2/c1-13-3-2-4-15(18-13)12-20-10-8-16-17(20)7-9-19(16)11-14-5-6-14;2*3-2(4,5)1(6)7/h2-4,14,16-17H,5-12H2,1H3;2*(H,6,7)/t16-,17+;;/m1../s1. The highest BCUT2D eigenvalue weighted by molar-refractivity contribution is 5.73. The molecule has 7 nitrogen and oxygen atoms in total. The van der Waals surface area contributed by atoms with Crippen LogP contribution < -0.4 is 0 Å². The highest BCUT2D eigenvalue weighted by Crippen LogP contribution is 2.37. The van der Waals surface area contributed by atoms with Crippen molar-refractivity contribution in [2.45, 2.75) is 63.6 Å². The van der Waals surface area contributed by atoms with Crippen molar-refractivity contribution in [1.82, 2.24) is 14.8 Å². The van der Waals surface area contributed by atoms with Gasteiger partial charge in [-0.3, -0.25) is 14.8 Å². The maximum absolute atomic E-state index is 10.6. The Morgan fingerprint density at radius 1 is 0.912 bits per heavy atom. The third kappa shape index (κ3) is 8.75. The number of aromatic nitrogens is 1. The number of alkyl halides is 6. The molecule has 3 heterocycles. The monoisotopic (exact) mass is 499 g/mol. The molecule has 0 radical (unpaired) electrons. The number of carbonyl (C=O) groups is 2. The first kappa shape index (κ1) is 27.8. The Balaban J connectivity index is 0.000000244. The van der Waals surface area contributed by atoms with Gasteiger partial charge < -0.3 is 10.2 Å². The molecule has 2 aliphatic heterocycles. The number of aliphatic carboxylic acids is 2. The molecular weight excluding hydrogens is 472 g/mol. The van der Waals surface area contributed by atoms with E-state index in [1.807, 2.05) is 0 Å². The van der Waals surface area contributed by atoms with Gasteiger partial charge in [0.15, 0.2) is 0 Å². The van der Waals surface area contributed by atoms with E-state index in [1.165, 1.54) is 51.0 Å². The number of fused-ring (bicyclic) bond motifs is 1. The number of carboxylic acid groups (broad SMARTS) is 2. The molecule has 3 fully saturated rings. The largest absolute Gasteiger partial charge is 0.490 e. The Morgan fingerprint density at radius 3 is 1.82 bits per heavy atom. The van der Waals surface area contributed by atoms with Crippen molar-refractivity contribution in [3.8, 4) is 0 Å². The van der Waals surface area contributed by atoms with Gasteiger partial charge in [-0.2, -0.15) is 26.3 Å². The number of rotatable bonds is 4. The van der Waals surface area contributed by atoms with Gasteiger partial charge in [0.25, 0.3) is 0 Å². The van der Waals surface area contributed by atoms with Crippen molar-refractivity contribution >= 4 is 11.9 Å². The van der Waals surface area contributed by atoms with Crippen LogP contribution in [-0.4, -0.2) is 81.0 Å². The van der Waals surface area contributed by atoms with Gasteiger partial charge in [-0.15, -0.1) is 0 Å². The third-order valence-electron chi connectivity index (χ3n) is 5.79. The summed E-state index contributed by atoms with van der Waals surface area (Å²) in [6.07, 6.45) is -4.48. The molecule has 1 aromatic heterocycles. The van der Waals surface area contributed by atoms with E-state index < -0.39 is 24.3 Å². The molecule has 2 saturated heterocycles. The normalized spacial score (nSPS) is 22.8. The van der Waals surface area contributed by atoms with Crippen molar-refractivity contribution < 1.29 is 46.1 Å². The Bertz CT molecular complexity index is 821. The van der Waals surface area contributed by atoms with Gasteiger partial charge in [-0.05, 0) is 50.7 Å². The predicted molar refractivity (Wildman–Crippen MR) is 108 cm³/mol. The summed E-state index contributed by atoms with van der Waals surface area (Å²) in [6.45, 7) is 7.08. The number of aryl methyl sites for hydroxylation is 1. The lowest BCUT2D eigenvalue weighted by atomic mass is 10.1. The maximum Gasteiger partial charge on any atom is 0.490 e. The summed E-state index contributed by atoms with van der Waals surface area (Å²) >= 11 is 0. The summed E-state index contributed by atoms with van der Waals surface area (Å²) in [7, 11) is 0. The van der Waals surface area contributed by atoms with Gasteiger partial charge in [0.05, 0.1) is 5.69 Å². The Hall–Kier alpha value is -2.41. The molecule has 192 valence electrons. The molecule has 1 aliphatic carbocycles. The Kier molecular flexibility index (Phi) is 9.29. The molecule has 0 amide bonds. The van der Waals surface area contributed by atoms with Crippen LogP contribution in [0.15, 0.2) is 18.2 Å². The molecule has 13 heteroatoms.